The number of furan rings is 1. The highest BCUT2D eigenvalue weighted by Gasteiger charge is 2.21. The number of piperidine rings is 1. The fourth-order valence-corrected chi connectivity index (χ4v) is 3.87. The Kier molecular flexibility index (Phi) is 6.87. The van der Waals surface area contributed by atoms with Gasteiger partial charge in [0.1, 0.15) is 5.76 Å². The molecule has 0 aliphatic carbocycles. The molecule has 1 saturated heterocycles. The second kappa shape index (κ2) is 10.2. The van der Waals surface area contributed by atoms with Gasteiger partial charge in [-0.2, -0.15) is 0 Å². The number of nitrogens with one attached hydrogen (secondary N) is 2. The quantitative estimate of drug-likeness (QED) is 0.556. The van der Waals surface area contributed by atoms with Crippen LogP contribution in [0.25, 0.3) is 17.0 Å². The van der Waals surface area contributed by atoms with Gasteiger partial charge >= 0.3 is 0 Å². The Bertz CT molecular complexity index is 1100. The summed E-state index contributed by atoms with van der Waals surface area (Å²) in [6, 6.07) is 17.1. The van der Waals surface area contributed by atoms with Crippen molar-refractivity contribution in [1.82, 2.24) is 10.2 Å². The minimum absolute atomic E-state index is 0.0240. The maximum Gasteiger partial charge on any atom is 0.244 e. The average molecular weight is 434 g/mol. The van der Waals surface area contributed by atoms with E-state index in [2.05, 4.69) is 15.5 Å². The summed E-state index contributed by atoms with van der Waals surface area (Å²) in [6.07, 6.45) is 4.77. The number of nitrogens with zero attached hydrogens (tertiary/aromatic N) is 1. The summed E-state index contributed by atoms with van der Waals surface area (Å²) in [5.41, 5.74) is 1.47. The fraction of sp³-hybridized carbons (Fsp3) is 0.280. The van der Waals surface area contributed by atoms with E-state index in [1.54, 1.807) is 13.2 Å². The van der Waals surface area contributed by atoms with Crippen molar-refractivity contribution in [2.45, 2.75) is 18.9 Å². The Hall–Kier alpha value is -3.58. The molecule has 2 heterocycles. The first-order chi connectivity index (χ1) is 15.6. The molecule has 7 heteroatoms. The van der Waals surface area contributed by atoms with E-state index < -0.39 is 0 Å². The van der Waals surface area contributed by atoms with E-state index in [0.29, 0.717) is 23.6 Å². The normalized spacial score (nSPS) is 15.2. The summed E-state index contributed by atoms with van der Waals surface area (Å²) >= 11 is 0. The van der Waals surface area contributed by atoms with Gasteiger partial charge < -0.3 is 19.8 Å². The van der Waals surface area contributed by atoms with Crippen molar-refractivity contribution in [2.75, 3.05) is 32.1 Å². The van der Waals surface area contributed by atoms with E-state index in [4.69, 9.17) is 9.15 Å². The molecule has 1 fully saturated rings. The molecule has 0 atom stereocenters. The van der Waals surface area contributed by atoms with Crippen molar-refractivity contribution in [3.05, 3.63) is 66.4 Å². The molecule has 32 heavy (non-hydrogen) atoms. The van der Waals surface area contributed by atoms with Crippen LogP contribution in [0, 0.1) is 0 Å². The number of likely N-dealkylation sites (tertiary alicyclic amines) is 1. The van der Waals surface area contributed by atoms with Gasteiger partial charge in [0.15, 0.2) is 11.3 Å². The highest BCUT2D eigenvalue weighted by Crippen LogP contribution is 2.28. The number of methoxy groups -OCH3 is 1. The van der Waals surface area contributed by atoms with Crippen LogP contribution >= 0.6 is 0 Å². The van der Waals surface area contributed by atoms with Gasteiger partial charge in [-0.1, -0.05) is 30.3 Å². The van der Waals surface area contributed by atoms with Gasteiger partial charge in [0, 0.05) is 36.3 Å². The molecule has 1 aliphatic heterocycles. The molecular formula is C25H27N3O4. The van der Waals surface area contributed by atoms with Gasteiger partial charge in [-0.25, -0.2) is 0 Å². The summed E-state index contributed by atoms with van der Waals surface area (Å²) in [5, 5.41) is 6.87. The first-order valence-electron chi connectivity index (χ1n) is 10.7. The monoisotopic (exact) mass is 433 g/mol. The smallest absolute Gasteiger partial charge is 0.244 e. The van der Waals surface area contributed by atoms with Crippen molar-refractivity contribution in [1.29, 1.82) is 0 Å². The van der Waals surface area contributed by atoms with E-state index in [9.17, 15) is 9.59 Å². The molecule has 3 aromatic rings. The van der Waals surface area contributed by atoms with E-state index in [0.717, 1.165) is 37.0 Å². The van der Waals surface area contributed by atoms with Crippen LogP contribution in [0.1, 0.15) is 18.6 Å². The third-order valence-corrected chi connectivity index (χ3v) is 5.50. The van der Waals surface area contributed by atoms with Crippen LogP contribution in [0.5, 0.6) is 5.75 Å². The molecule has 1 aliphatic rings. The number of ether oxygens (including phenoxy) is 1. The molecule has 0 radical (unpaired) electrons. The molecule has 0 spiro atoms. The molecule has 1 aromatic heterocycles. The Morgan fingerprint density at radius 2 is 1.91 bits per heavy atom. The minimum Gasteiger partial charge on any atom is -0.493 e. The number of hydrogen-bond donors (Lipinski definition) is 2. The second-order valence-corrected chi connectivity index (χ2v) is 7.83. The predicted octanol–water partition coefficient (Wildman–Crippen LogP) is 3.67. The van der Waals surface area contributed by atoms with Gasteiger partial charge in [-0.15, -0.1) is 0 Å². The number of rotatable bonds is 7. The Morgan fingerprint density at radius 3 is 2.66 bits per heavy atom. The Balaban J connectivity index is 1.23. The number of carbonyl (C=O) groups excluding carboxylic acids is 2. The van der Waals surface area contributed by atoms with Crippen LogP contribution in [0.3, 0.4) is 0 Å². The summed E-state index contributed by atoms with van der Waals surface area (Å²) in [5.74, 6) is 1.08. The summed E-state index contributed by atoms with van der Waals surface area (Å²) in [6.45, 7) is 1.88. The van der Waals surface area contributed by atoms with E-state index >= 15 is 0 Å². The fourth-order valence-electron chi connectivity index (χ4n) is 3.87. The van der Waals surface area contributed by atoms with Gasteiger partial charge in [-0.3, -0.25) is 14.5 Å². The van der Waals surface area contributed by atoms with Crippen molar-refractivity contribution < 1.29 is 18.7 Å². The highest BCUT2D eigenvalue weighted by molar-refractivity contribution is 5.93. The standard InChI is InChI=1S/C25H27N3O4/c1-31-22-9-5-6-18-16-21(32-25(18)22)10-11-23(29)26-20-12-14-28(15-13-20)17-24(30)27-19-7-3-2-4-8-19/h2-11,16,20H,12-15,17H2,1H3,(H,26,29)(H,27,30)/b11-10+. The molecule has 4 rings (SSSR count). The predicted molar refractivity (Wildman–Crippen MR) is 124 cm³/mol. The number of benzene rings is 2. The van der Waals surface area contributed by atoms with Crippen LogP contribution in [-0.2, 0) is 9.59 Å². The lowest BCUT2D eigenvalue weighted by Crippen LogP contribution is -2.46. The van der Waals surface area contributed by atoms with E-state index in [-0.39, 0.29) is 17.9 Å². The molecule has 0 saturated carbocycles. The zero-order chi connectivity index (χ0) is 22.3. The molecule has 7 nitrogen and oxygen atoms in total. The summed E-state index contributed by atoms with van der Waals surface area (Å²) < 4.78 is 11.1. The Labute approximate surface area is 187 Å². The first-order valence-corrected chi connectivity index (χ1v) is 10.7. The zero-order valence-corrected chi connectivity index (χ0v) is 18.0. The molecule has 2 aromatic carbocycles. The number of para-hydroxylation sites is 2. The van der Waals surface area contributed by atoms with Crippen molar-refractivity contribution >= 4 is 34.5 Å². The number of amides is 2. The van der Waals surface area contributed by atoms with E-state index in [1.165, 1.54) is 6.08 Å². The summed E-state index contributed by atoms with van der Waals surface area (Å²) in [4.78, 5) is 26.7. The van der Waals surface area contributed by atoms with Crippen LogP contribution < -0.4 is 15.4 Å². The first kappa shape index (κ1) is 21.6. The summed E-state index contributed by atoms with van der Waals surface area (Å²) in [7, 11) is 1.60. The zero-order valence-electron chi connectivity index (χ0n) is 18.0. The van der Waals surface area contributed by atoms with Crippen molar-refractivity contribution in [3.63, 3.8) is 0 Å². The number of anilines is 1. The molecular weight excluding hydrogens is 406 g/mol. The number of fused-ring (bicyclic) bond motifs is 1. The largest absolute Gasteiger partial charge is 0.493 e. The van der Waals surface area contributed by atoms with Gasteiger partial charge in [0.05, 0.1) is 13.7 Å². The molecule has 166 valence electrons. The lowest BCUT2D eigenvalue weighted by molar-refractivity contribution is -0.119. The Morgan fingerprint density at radius 1 is 1.12 bits per heavy atom. The highest BCUT2D eigenvalue weighted by atomic mass is 16.5. The molecule has 0 unspecified atom stereocenters. The van der Waals surface area contributed by atoms with Gasteiger partial charge in [0.25, 0.3) is 0 Å². The van der Waals surface area contributed by atoms with Crippen LogP contribution in [0.2, 0.25) is 0 Å². The SMILES string of the molecule is COc1cccc2cc(/C=C/C(=O)NC3CCN(CC(=O)Nc4ccccc4)CC3)oc12. The lowest BCUT2D eigenvalue weighted by atomic mass is 10.0. The van der Waals surface area contributed by atoms with Crippen LogP contribution in [0.15, 0.2) is 65.1 Å². The number of hydrogen-bond acceptors (Lipinski definition) is 5. The van der Waals surface area contributed by atoms with Gasteiger partial charge in [0.2, 0.25) is 11.8 Å². The van der Waals surface area contributed by atoms with Crippen LogP contribution in [-0.4, -0.2) is 49.5 Å². The molecule has 0 bridgehead atoms. The van der Waals surface area contributed by atoms with E-state index in [1.807, 2.05) is 54.6 Å². The van der Waals surface area contributed by atoms with Crippen molar-refractivity contribution in [3.8, 4) is 5.75 Å². The number of carbonyl (C=O) groups is 2. The maximum atomic E-state index is 12.3. The maximum absolute atomic E-state index is 12.3. The lowest BCUT2D eigenvalue weighted by Gasteiger charge is -2.31. The van der Waals surface area contributed by atoms with Crippen molar-refractivity contribution in [2.24, 2.45) is 0 Å². The van der Waals surface area contributed by atoms with Crippen LogP contribution in [0.4, 0.5) is 5.69 Å². The minimum atomic E-state index is -0.155. The third-order valence-electron chi connectivity index (χ3n) is 5.50. The molecule has 2 amide bonds. The topological polar surface area (TPSA) is 83.8 Å². The second-order valence-electron chi connectivity index (χ2n) is 7.83. The third kappa shape index (κ3) is 5.56. The van der Waals surface area contributed by atoms with Gasteiger partial charge in [-0.05, 0) is 43.2 Å². The average Bonchev–Trinajstić information content (AvgIpc) is 3.23. The molecule has 2 N–H and O–H groups in total.